The fourth-order valence-corrected chi connectivity index (χ4v) is 3.00. The molecule has 1 aliphatic rings. The Balaban J connectivity index is 1.43. The van der Waals surface area contributed by atoms with Gasteiger partial charge in [0.05, 0.1) is 0 Å². The van der Waals surface area contributed by atoms with Gasteiger partial charge in [0.1, 0.15) is 5.75 Å². The van der Waals surface area contributed by atoms with Crippen molar-refractivity contribution in [2.45, 2.75) is 6.54 Å². The van der Waals surface area contributed by atoms with E-state index in [0.29, 0.717) is 23.9 Å². The van der Waals surface area contributed by atoms with E-state index in [-0.39, 0.29) is 12.5 Å². The molecule has 132 valence electrons. The molecule has 3 rings (SSSR count). The lowest BCUT2D eigenvalue weighted by atomic mass is 10.2. The summed E-state index contributed by atoms with van der Waals surface area (Å²) in [5, 5.41) is 0.648. The van der Waals surface area contributed by atoms with E-state index >= 15 is 0 Å². The lowest BCUT2D eigenvalue weighted by molar-refractivity contribution is -0.135. The first kappa shape index (κ1) is 17.6. The number of halogens is 1. The van der Waals surface area contributed by atoms with Crippen LogP contribution >= 0.6 is 11.6 Å². The fraction of sp³-hybridized carbons (Fsp3) is 0.316. The van der Waals surface area contributed by atoms with Gasteiger partial charge in [0, 0.05) is 43.4 Å². The van der Waals surface area contributed by atoms with Gasteiger partial charge >= 0.3 is 0 Å². The number of ether oxygens (including phenoxy) is 1. The highest BCUT2D eigenvalue weighted by molar-refractivity contribution is 6.30. The zero-order chi connectivity index (χ0) is 17.6. The van der Waals surface area contributed by atoms with Crippen LogP contribution in [0.2, 0.25) is 5.02 Å². The van der Waals surface area contributed by atoms with Crippen LogP contribution in [-0.4, -0.2) is 48.5 Å². The minimum absolute atomic E-state index is 0.0126. The molecule has 0 atom stereocenters. The molecular weight excluding hydrogens is 338 g/mol. The van der Waals surface area contributed by atoms with Crippen LogP contribution in [0.25, 0.3) is 0 Å². The van der Waals surface area contributed by atoms with Crippen LogP contribution < -0.4 is 10.5 Å². The number of hydrogen-bond acceptors (Lipinski definition) is 4. The Hall–Kier alpha value is -2.24. The number of nitrogens with two attached hydrogens (primary N) is 1. The van der Waals surface area contributed by atoms with Crippen molar-refractivity contribution in [1.82, 2.24) is 9.80 Å². The van der Waals surface area contributed by atoms with Gasteiger partial charge in [-0.05, 0) is 42.0 Å². The zero-order valence-electron chi connectivity index (χ0n) is 14.0. The van der Waals surface area contributed by atoms with E-state index in [0.717, 1.165) is 25.3 Å². The summed E-state index contributed by atoms with van der Waals surface area (Å²) < 4.78 is 5.53. The predicted molar refractivity (Wildman–Crippen MR) is 99.7 cm³/mol. The van der Waals surface area contributed by atoms with E-state index < -0.39 is 0 Å². The number of nitrogen functional groups attached to an aromatic ring is 1. The molecule has 0 spiro atoms. The normalized spacial score (nSPS) is 15.2. The molecular formula is C19H22ClN3O2. The van der Waals surface area contributed by atoms with Crippen LogP contribution in [0.15, 0.2) is 48.5 Å². The van der Waals surface area contributed by atoms with Gasteiger partial charge in [0.15, 0.2) is 6.61 Å². The second-order valence-electron chi connectivity index (χ2n) is 6.14. The lowest BCUT2D eigenvalue weighted by Crippen LogP contribution is -2.49. The van der Waals surface area contributed by atoms with Crippen LogP contribution in [0.5, 0.6) is 5.75 Å². The van der Waals surface area contributed by atoms with Gasteiger partial charge in [-0.1, -0.05) is 23.7 Å². The lowest BCUT2D eigenvalue weighted by Gasteiger charge is -2.34. The third kappa shape index (κ3) is 5.11. The minimum Gasteiger partial charge on any atom is -0.484 e. The van der Waals surface area contributed by atoms with Gasteiger partial charge in [-0.15, -0.1) is 0 Å². The molecule has 25 heavy (non-hydrogen) atoms. The average molecular weight is 360 g/mol. The molecule has 2 N–H and O–H groups in total. The van der Waals surface area contributed by atoms with Crippen molar-refractivity contribution in [2.75, 3.05) is 38.5 Å². The summed E-state index contributed by atoms with van der Waals surface area (Å²) in [6.45, 7) is 4.03. The number of carbonyl (C=O) groups is 1. The number of nitrogens with zero attached hydrogens (tertiary/aromatic N) is 2. The molecule has 0 unspecified atom stereocenters. The van der Waals surface area contributed by atoms with Gasteiger partial charge in [-0.2, -0.15) is 0 Å². The number of amides is 1. The first-order valence-corrected chi connectivity index (χ1v) is 8.71. The van der Waals surface area contributed by atoms with Crippen LogP contribution in [0.4, 0.5) is 5.69 Å². The molecule has 0 aromatic heterocycles. The van der Waals surface area contributed by atoms with Crippen LogP contribution in [0.1, 0.15) is 5.56 Å². The van der Waals surface area contributed by atoms with Crippen LogP contribution in [0, 0.1) is 0 Å². The largest absolute Gasteiger partial charge is 0.484 e. The number of benzene rings is 2. The number of rotatable bonds is 5. The molecule has 0 bridgehead atoms. The summed E-state index contributed by atoms with van der Waals surface area (Å²) in [5.74, 6) is 0.664. The standard InChI is InChI=1S/C19H22ClN3O2/c20-16-4-6-18(7-5-16)25-14-19(24)23-10-8-22(9-11-23)13-15-2-1-3-17(21)12-15/h1-7,12H,8-11,13-14,21H2. The Morgan fingerprint density at radius 2 is 1.80 bits per heavy atom. The summed E-state index contributed by atoms with van der Waals surface area (Å²) in [5.41, 5.74) is 7.81. The summed E-state index contributed by atoms with van der Waals surface area (Å²) >= 11 is 5.83. The van der Waals surface area contributed by atoms with Gasteiger partial charge < -0.3 is 15.4 Å². The van der Waals surface area contributed by atoms with E-state index in [1.54, 1.807) is 24.3 Å². The number of carbonyl (C=O) groups excluding carboxylic acids is 1. The van der Waals surface area contributed by atoms with Crippen molar-refractivity contribution in [1.29, 1.82) is 0 Å². The van der Waals surface area contributed by atoms with Crippen molar-refractivity contribution in [3.63, 3.8) is 0 Å². The van der Waals surface area contributed by atoms with Crippen molar-refractivity contribution < 1.29 is 9.53 Å². The Kier molecular flexibility index (Phi) is 5.79. The monoisotopic (exact) mass is 359 g/mol. The quantitative estimate of drug-likeness (QED) is 0.834. The second-order valence-corrected chi connectivity index (χ2v) is 6.58. The van der Waals surface area contributed by atoms with Gasteiger partial charge in [0.2, 0.25) is 0 Å². The molecule has 0 aliphatic carbocycles. The van der Waals surface area contributed by atoms with Crippen molar-refractivity contribution in [3.05, 3.63) is 59.1 Å². The molecule has 0 radical (unpaired) electrons. The third-order valence-corrected chi connectivity index (χ3v) is 4.51. The molecule has 6 heteroatoms. The van der Waals surface area contributed by atoms with Crippen LogP contribution in [0.3, 0.4) is 0 Å². The van der Waals surface area contributed by atoms with Gasteiger partial charge in [-0.3, -0.25) is 9.69 Å². The highest BCUT2D eigenvalue weighted by Crippen LogP contribution is 2.16. The maximum absolute atomic E-state index is 12.3. The highest BCUT2D eigenvalue weighted by Gasteiger charge is 2.21. The zero-order valence-corrected chi connectivity index (χ0v) is 14.8. The van der Waals surface area contributed by atoms with Crippen molar-refractivity contribution in [2.24, 2.45) is 0 Å². The maximum Gasteiger partial charge on any atom is 0.260 e. The first-order chi connectivity index (χ1) is 12.1. The fourth-order valence-electron chi connectivity index (χ4n) is 2.87. The summed E-state index contributed by atoms with van der Waals surface area (Å²) in [7, 11) is 0. The van der Waals surface area contributed by atoms with E-state index in [1.165, 1.54) is 5.56 Å². The third-order valence-electron chi connectivity index (χ3n) is 4.26. The Morgan fingerprint density at radius 1 is 1.08 bits per heavy atom. The number of anilines is 1. The Labute approximate surface area is 152 Å². The highest BCUT2D eigenvalue weighted by atomic mass is 35.5. The van der Waals surface area contributed by atoms with E-state index in [2.05, 4.69) is 11.0 Å². The second kappa shape index (κ2) is 8.23. The predicted octanol–water partition coefficient (Wildman–Crippen LogP) is 2.65. The molecule has 5 nitrogen and oxygen atoms in total. The molecule has 1 fully saturated rings. The molecule has 1 aliphatic heterocycles. The summed E-state index contributed by atoms with van der Waals surface area (Å²) in [6.07, 6.45) is 0. The Bertz CT molecular complexity index is 713. The van der Waals surface area contributed by atoms with Crippen LogP contribution in [-0.2, 0) is 11.3 Å². The van der Waals surface area contributed by atoms with Crippen molar-refractivity contribution in [3.8, 4) is 5.75 Å². The van der Waals surface area contributed by atoms with E-state index in [4.69, 9.17) is 22.1 Å². The maximum atomic E-state index is 12.3. The summed E-state index contributed by atoms with van der Waals surface area (Å²) in [6, 6.07) is 15.0. The smallest absolute Gasteiger partial charge is 0.260 e. The molecule has 2 aromatic rings. The van der Waals surface area contributed by atoms with Gasteiger partial charge in [-0.25, -0.2) is 0 Å². The topological polar surface area (TPSA) is 58.8 Å². The SMILES string of the molecule is Nc1cccc(CN2CCN(C(=O)COc3ccc(Cl)cc3)CC2)c1. The molecule has 2 aromatic carbocycles. The molecule has 1 heterocycles. The molecule has 1 saturated heterocycles. The Morgan fingerprint density at radius 3 is 2.48 bits per heavy atom. The number of piperazine rings is 1. The average Bonchev–Trinajstić information content (AvgIpc) is 2.62. The molecule has 0 saturated carbocycles. The van der Waals surface area contributed by atoms with E-state index in [9.17, 15) is 4.79 Å². The first-order valence-electron chi connectivity index (χ1n) is 8.33. The molecule has 1 amide bonds. The minimum atomic E-state index is 0.0126. The van der Waals surface area contributed by atoms with Gasteiger partial charge in [0.25, 0.3) is 5.91 Å². The number of hydrogen-bond donors (Lipinski definition) is 1. The van der Waals surface area contributed by atoms with E-state index in [1.807, 2.05) is 23.1 Å². The van der Waals surface area contributed by atoms with Crippen molar-refractivity contribution >= 4 is 23.2 Å². The summed E-state index contributed by atoms with van der Waals surface area (Å²) in [4.78, 5) is 16.5.